The first-order chi connectivity index (χ1) is 15.7. The lowest BCUT2D eigenvalue weighted by Gasteiger charge is -2.11. The second-order valence-corrected chi connectivity index (χ2v) is 7.83. The lowest BCUT2D eigenvalue weighted by atomic mass is 10.1. The van der Waals surface area contributed by atoms with Gasteiger partial charge in [0.25, 0.3) is 5.91 Å². The molecule has 0 saturated carbocycles. The molecule has 0 aliphatic carbocycles. The monoisotopic (exact) mass is 441 g/mol. The van der Waals surface area contributed by atoms with E-state index in [4.69, 9.17) is 21.3 Å². The number of halogens is 1. The Morgan fingerprint density at radius 2 is 1.75 bits per heavy atom. The molecular weight excluding hydrogens is 422 g/mol. The number of pyridine rings is 1. The molecule has 0 atom stereocenters. The van der Waals surface area contributed by atoms with E-state index in [1.807, 2.05) is 78.9 Å². The highest BCUT2D eigenvalue weighted by molar-refractivity contribution is 6.33. The molecule has 0 unspecified atom stereocenters. The number of nitrogens with one attached hydrogen (secondary N) is 2. The fourth-order valence-corrected chi connectivity index (χ4v) is 4.15. The average molecular weight is 442 g/mol. The van der Waals surface area contributed by atoms with Gasteiger partial charge in [-0.2, -0.15) is 0 Å². The molecular formula is C26H20ClN3O2. The molecule has 2 N–H and O–H groups in total. The minimum Gasteiger partial charge on any atom is -0.496 e. The van der Waals surface area contributed by atoms with Crippen LogP contribution in [0.2, 0.25) is 5.02 Å². The van der Waals surface area contributed by atoms with Gasteiger partial charge in [0.2, 0.25) is 0 Å². The van der Waals surface area contributed by atoms with E-state index in [1.165, 1.54) is 0 Å². The second-order valence-electron chi connectivity index (χ2n) is 7.42. The first kappa shape index (κ1) is 20.1. The summed E-state index contributed by atoms with van der Waals surface area (Å²) in [5, 5.41) is 5.49. The number of aromatic amines is 1. The fourth-order valence-electron chi connectivity index (χ4n) is 3.93. The molecule has 0 aliphatic heterocycles. The molecule has 0 spiro atoms. The average Bonchev–Trinajstić information content (AvgIpc) is 3.21. The molecule has 6 heteroatoms. The summed E-state index contributed by atoms with van der Waals surface area (Å²) in [6.07, 6.45) is 0. The van der Waals surface area contributed by atoms with Gasteiger partial charge in [-0.15, -0.1) is 0 Å². The van der Waals surface area contributed by atoms with E-state index in [9.17, 15) is 4.79 Å². The molecule has 1 amide bonds. The van der Waals surface area contributed by atoms with Gasteiger partial charge in [-0.3, -0.25) is 4.79 Å². The lowest BCUT2D eigenvalue weighted by Crippen LogP contribution is -2.24. The first-order valence-electron chi connectivity index (χ1n) is 10.2. The Bertz CT molecular complexity index is 1460. The molecule has 32 heavy (non-hydrogen) atoms. The summed E-state index contributed by atoms with van der Waals surface area (Å²) in [6, 6.07) is 24.9. The molecule has 2 heterocycles. The Morgan fingerprint density at radius 3 is 2.59 bits per heavy atom. The van der Waals surface area contributed by atoms with E-state index in [-0.39, 0.29) is 5.91 Å². The van der Waals surface area contributed by atoms with Crippen molar-refractivity contribution in [2.75, 3.05) is 7.11 Å². The smallest absolute Gasteiger partial charge is 0.270 e. The van der Waals surface area contributed by atoms with Crippen molar-refractivity contribution < 1.29 is 9.53 Å². The van der Waals surface area contributed by atoms with Crippen LogP contribution >= 0.6 is 11.6 Å². The van der Waals surface area contributed by atoms with Gasteiger partial charge in [0.15, 0.2) is 0 Å². The number of methoxy groups -OCH3 is 1. The molecule has 0 fully saturated rings. The number of H-pyrrole nitrogens is 1. The van der Waals surface area contributed by atoms with Gasteiger partial charge in [0.1, 0.15) is 11.4 Å². The summed E-state index contributed by atoms with van der Waals surface area (Å²) in [5.41, 5.74) is 4.46. The maximum atomic E-state index is 13.1. The third kappa shape index (κ3) is 3.57. The Labute approximate surface area is 190 Å². The highest BCUT2D eigenvalue weighted by Crippen LogP contribution is 2.35. The van der Waals surface area contributed by atoms with Crippen LogP contribution in [-0.4, -0.2) is 23.0 Å². The number of nitrogens with zero attached hydrogens (tertiary/aromatic N) is 1. The van der Waals surface area contributed by atoms with Gasteiger partial charge in [0, 0.05) is 34.0 Å². The molecule has 158 valence electrons. The number of aromatic nitrogens is 2. The largest absolute Gasteiger partial charge is 0.496 e. The van der Waals surface area contributed by atoms with E-state index in [2.05, 4.69) is 10.3 Å². The Hall–Kier alpha value is -3.83. The molecule has 3 aromatic carbocycles. The Morgan fingerprint density at radius 1 is 1.00 bits per heavy atom. The molecule has 0 bridgehead atoms. The van der Waals surface area contributed by atoms with Crippen molar-refractivity contribution in [3.8, 4) is 17.0 Å². The topological polar surface area (TPSA) is 67.0 Å². The van der Waals surface area contributed by atoms with E-state index in [0.717, 1.165) is 38.7 Å². The van der Waals surface area contributed by atoms with Gasteiger partial charge < -0.3 is 15.0 Å². The van der Waals surface area contributed by atoms with Crippen LogP contribution in [0.5, 0.6) is 5.75 Å². The van der Waals surface area contributed by atoms with Gasteiger partial charge in [-0.1, -0.05) is 66.2 Å². The Balaban J connectivity index is 1.61. The number of fused-ring (bicyclic) bond motifs is 3. The number of rotatable bonds is 5. The van der Waals surface area contributed by atoms with Crippen molar-refractivity contribution in [3.63, 3.8) is 0 Å². The molecule has 2 aromatic heterocycles. The van der Waals surface area contributed by atoms with Gasteiger partial charge in [0.05, 0.1) is 23.3 Å². The summed E-state index contributed by atoms with van der Waals surface area (Å²) in [5.74, 6) is 0.459. The van der Waals surface area contributed by atoms with Gasteiger partial charge in [-0.25, -0.2) is 4.98 Å². The van der Waals surface area contributed by atoms with Crippen LogP contribution in [0.15, 0.2) is 78.9 Å². The highest BCUT2D eigenvalue weighted by atomic mass is 35.5. The summed E-state index contributed by atoms with van der Waals surface area (Å²) >= 11 is 6.50. The van der Waals surface area contributed by atoms with Crippen LogP contribution in [0.3, 0.4) is 0 Å². The van der Waals surface area contributed by atoms with Crippen molar-refractivity contribution in [1.29, 1.82) is 0 Å². The minimum absolute atomic E-state index is 0.267. The Kier molecular flexibility index (Phi) is 5.25. The minimum atomic E-state index is -0.267. The summed E-state index contributed by atoms with van der Waals surface area (Å²) < 4.78 is 5.38. The number of hydrogen-bond donors (Lipinski definition) is 2. The van der Waals surface area contributed by atoms with Gasteiger partial charge in [-0.05, 0) is 24.3 Å². The van der Waals surface area contributed by atoms with Crippen LogP contribution < -0.4 is 10.1 Å². The molecule has 0 aliphatic rings. The van der Waals surface area contributed by atoms with Crippen LogP contribution in [0.1, 0.15) is 16.1 Å². The van der Waals surface area contributed by atoms with Crippen molar-refractivity contribution in [1.82, 2.24) is 15.3 Å². The number of carbonyl (C=O) groups excluding carboxylic acids is 1. The molecule has 5 rings (SSSR count). The quantitative estimate of drug-likeness (QED) is 0.353. The van der Waals surface area contributed by atoms with Crippen LogP contribution in [0.25, 0.3) is 33.1 Å². The lowest BCUT2D eigenvalue weighted by molar-refractivity contribution is 0.0946. The molecule has 0 radical (unpaired) electrons. The van der Waals surface area contributed by atoms with Crippen molar-refractivity contribution in [2.45, 2.75) is 6.54 Å². The summed E-state index contributed by atoms with van der Waals surface area (Å²) in [6.45, 7) is 0.331. The highest BCUT2D eigenvalue weighted by Gasteiger charge is 2.18. The van der Waals surface area contributed by atoms with Crippen molar-refractivity contribution >= 4 is 39.3 Å². The van der Waals surface area contributed by atoms with E-state index in [0.29, 0.717) is 23.0 Å². The van der Waals surface area contributed by atoms with Gasteiger partial charge >= 0.3 is 0 Å². The molecule has 0 saturated heterocycles. The number of amides is 1. The maximum absolute atomic E-state index is 13.1. The number of benzene rings is 3. The van der Waals surface area contributed by atoms with Crippen LogP contribution in [0.4, 0.5) is 0 Å². The standard InChI is InChI=1S/C26H20ClN3O2/c1-32-23-13-7-2-8-16(23)15-28-26(31)22-14-19-17-9-4-6-12-21(17)29-25(19)24(30-22)18-10-3-5-11-20(18)27/h2-14,29H,15H2,1H3,(H,28,31). The van der Waals surface area contributed by atoms with Crippen molar-refractivity contribution in [2.24, 2.45) is 0 Å². The van der Waals surface area contributed by atoms with E-state index >= 15 is 0 Å². The first-order valence-corrected chi connectivity index (χ1v) is 10.6. The van der Waals surface area contributed by atoms with Crippen LogP contribution in [-0.2, 0) is 6.54 Å². The normalized spacial score (nSPS) is 11.1. The number of para-hydroxylation sites is 2. The van der Waals surface area contributed by atoms with E-state index in [1.54, 1.807) is 7.11 Å². The predicted molar refractivity (Wildman–Crippen MR) is 128 cm³/mol. The summed E-state index contributed by atoms with van der Waals surface area (Å²) in [7, 11) is 1.61. The zero-order chi connectivity index (χ0) is 22.1. The van der Waals surface area contributed by atoms with Crippen molar-refractivity contribution in [3.05, 3.63) is 95.1 Å². The zero-order valence-electron chi connectivity index (χ0n) is 17.4. The van der Waals surface area contributed by atoms with Crippen LogP contribution in [0, 0.1) is 0 Å². The maximum Gasteiger partial charge on any atom is 0.270 e. The summed E-state index contributed by atoms with van der Waals surface area (Å²) in [4.78, 5) is 21.3. The zero-order valence-corrected chi connectivity index (χ0v) is 18.1. The SMILES string of the molecule is COc1ccccc1CNC(=O)c1cc2c([nH]c3ccccc32)c(-c2ccccc2Cl)n1. The van der Waals surface area contributed by atoms with E-state index < -0.39 is 0 Å². The molecule has 5 nitrogen and oxygen atoms in total. The third-order valence-corrected chi connectivity index (χ3v) is 5.82. The second kappa shape index (κ2) is 8.36. The number of hydrogen-bond acceptors (Lipinski definition) is 3. The number of ether oxygens (including phenoxy) is 1. The third-order valence-electron chi connectivity index (χ3n) is 5.49. The molecule has 5 aromatic rings. The fraction of sp³-hybridized carbons (Fsp3) is 0.0769. The predicted octanol–water partition coefficient (Wildman–Crippen LogP) is 5.98. The number of carbonyl (C=O) groups is 1.